The number of esters is 2. The third kappa shape index (κ3) is 4.24. The molecule has 4 heterocycles. The molecule has 1 amide bonds. The van der Waals surface area contributed by atoms with Gasteiger partial charge in [0.1, 0.15) is 6.61 Å². The fraction of sp³-hybridized carbons (Fsp3) is 0.393. The number of cyclic esters (lactones) is 1. The second-order valence-electron chi connectivity index (χ2n) is 9.67. The average molecular weight is 520 g/mol. The van der Waals surface area contributed by atoms with E-state index >= 15 is 0 Å². The zero-order valence-electron chi connectivity index (χ0n) is 21.6. The van der Waals surface area contributed by atoms with Gasteiger partial charge in [0.15, 0.2) is 12.3 Å². The van der Waals surface area contributed by atoms with Crippen LogP contribution >= 0.6 is 0 Å². The number of hydrogen-bond acceptors (Lipinski definition) is 8. The zero-order valence-corrected chi connectivity index (χ0v) is 21.6. The summed E-state index contributed by atoms with van der Waals surface area (Å²) in [7, 11) is 0. The molecule has 2 aromatic heterocycles. The minimum absolute atomic E-state index is 0.0866. The molecule has 0 saturated heterocycles. The lowest BCUT2D eigenvalue weighted by Gasteiger charge is -2.31. The molecule has 10 heteroatoms. The van der Waals surface area contributed by atoms with Crippen molar-refractivity contribution in [3.63, 3.8) is 0 Å². The predicted octanol–water partition coefficient (Wildman–Crippen LogP) is 2.21. The molecule has 0 aliphatic carbocycles. The number of aromatic nitrogens is 2. The van der Waals surface area contributed by atoms with Crippen LogP contribution in [0.2, 0.25) is 0 Å². The van der Waals surface area contributed by atoms with Crippen molar-refractivity contribution in [2.75, 3.05) is 6.73 Å². The molecular weight excluding hydrogens is 490 g/mol. The van der Waals surface area contributed by atoms with E-state index in [2.05, 4.69) is 5.32 Å². The van der Waals surface area contributed by atoms with Crippen molar-refractivity contribution in [2.45, 2.75) is 65.2 Å². The number of carbonyl (C=O) groups is 3. The van der Waals surface area contributed by atoms with Crippen LogP contribution in [0.5, 0.6) is 0 Å². The zero-order chi connectivity index (χ0) is 27.2. The van der Waals surface area contributed by atoms with Crippen LogP contribution < -0.4 is 10.9 Å². The average Bonchev–Trinajstić information content (AvgIpc) is 3.25. The van der Waals surface area contributed by atoms with Gasteiger partial charge in [-0.3, -0.25) is 14.4 Å². The first-order valence-corrected chi connectivity index (χ1v) is 12.7. The Hall–Kier alpha value is -4.05. The van der Waals surface area contributed by atoms with E-state index in [1.165, 1.54) is 6.92 Å². The van der Waals surface area contributed by atoms with Crippen molar-refractivity contribution in [3.8, 4) is 11.4 Å². The minimum Gasteiger partial charge on any atom is -0.458 e. The lowest BCUT2D eigenvalue weighted by Crippen LogP contribution is -2.44. The molecule has 0 saturated carbocycles. The fourth-order valence-corrected chi connectivity index (χ4v) is 5.19. The maximum atomic E-state index is 13.4. The minimum atomic E-state index is -1.87. The van der Waals surface area contributed by atoms with Crippen molar-refractivity contribution in [1.29, 1.82) is 0 Å². The van der Waals surface area contributed by atoms with Gasteiger partial charge in [0.25, 0.3) is 5.56 Å². The second kappa shape index (κ2) is 9.68. The maximum Gasteiger partial charge on any atom is 0.343 e. The number of benzene rings is 1. The number of nitrogens with zero attached hydrogens (tertiary/aromatic N) is 2. The third-order valence-electron chi connectivity index (χ3n) is 7.30. The summed E-state index contributed by atoms with van der Waals surface area (Å²) in [5.41, 5.74) is 3.25. The Morgan fingerprint density at radius 2 is 2.00 bits per heavy atom. The molecule has 2 N–H and O–H groups in total. The number of hydrogen-bond donors (Lipinski definition) is 2. The highest BCUT2D eigenvalue weighted by atomic mass is 16.6. The van der Waals surface area contributed by atoms with Crippen LogP contribution in [-0.4, -0.2) is 39.2 Å². The van der Waals surface area contributed by atoms with E-state index in [1.54, 1.807) is 17.6 Å². The summed E-state index contributed by atoms with van der Waals surface area (Å²) < 4.78 is 11.8. The molecular formula is C28H29N3O7. The quantitative estimate of drug-likeness (QED) is 0.280. The van der Waals surface area contributed by atoms with Gasteiger partial charge < -0.3 is 24.5 Å². The van der Waals surface area contributed by atoms with Crippen molar-refractivity contribution < 1.29 is 29.0 Å². The smallest absolute Gasteiger partial charge is 0.343 e. The number of nitrogens with one attached hydrogen (secondary N) is 1. The van der Waals surface area contributed by atoms with Crippen LogP contribution in [-0.2, 0) is 55.5 Å². The van der Waals surface area contributed by atoms with E-state index in [0.29, 0.717) is 36.3 Å². The number of aryl methyl sites for hydroxylation is 2. The van der Waals surface area contributed by atoms with Crippen LogP contribution in [0.25, 0.3) is 22.3 Å². The highest BCUT2D eigenvalue weighted by molar-refractivity contribution is 5.88. The van der Waals surface area contributed by atoms with Crippen molar-refractivity contribution in [2.24, 2.45) is 0 Å². The maximum absolute atomic E-state index is 13.4. The van der Waals surface area contributed by atoms with Crippen LogP contribution in [0.15, 0.2) is 29.1 Å². The summed E-state index contributed by atoms with van der Waals surface area (Å²) in [5, 5.41) is 14.4. The predicted molar refractivity (Wildman–Crippen MR) is 137 cm³/mol. The van der Waals surface area contributed by atoms with E-state index in [0.717, 1.165) is 27.6 Å². The van der Waals surface area contributed by atoms with Crippen molar-refractivity contribution in [1.82, 2.24) is 14.9 Å². The van der Waals surface area contributed by atoms with E-state index in [1.807, 2.05) is 25.1 Å². The Labute approximate surface area is 218 Å². The first-order valence-electron chi connectivity index (χ1n) is 12.7. The number of pyridine rings is 2. The van der Waals surface area contributed by atoms with Gasteiger partial charge >= 0.3 is 11.9 Å². The Morgan fingerprint density at radius 1 is 1.21 bits per heavy atom. The fourth-order valence-electron chi connectivity index (χ4n) is 5.19. The molecule has 38 heavy (non-hydrogen) atoms. The Balaban J connectivity index is 1.50. The van der Waals surface area contributed by atoms with Gasteiger partial charge in [-0.2, -0.15) is 0 Å². The first-order chi connectivity index (χ1) is 18.2. The lowest BCUT2D eigenvalue weighted by atomic mass is 9.86. The number of fused-ring (bicyclic) bond motifs is 5. The summed E-state index contributed by atoms with van der Waals surface area (Å²) in [6.07, 6.45) is 1.43. The highest BCUT2D eigenvalue weighted by Gasteiger charge is 2.45. The largest absolute Gasteiger partial charge is 0.458 e. The molecule has 3 aromatic rings. The highest BCUT2D eigenvalue weighted by Crippen LogP contribution is 2.39. The molecule has 0 fully saturated rings. The monoisotopic (exact) mass is 519 g/mol. The molecule has 1 aromatic carbocycles. The first kappa shape index (κ1) is 25.6. The molecule has 1 atom stereocenters. The Kier molecular flexibility index (Phi) is 6.52. The van der Waals surface area contributed by atoms with Gasteiger partial charge in [-0.25, -0.2) is 9.78 Å². The Morgan fingerprint density at radius 3 is 2.71 bits per heavy atom. The summed E-state index contributed by atoms with van der Waals surface area (Å²) in [5.74, 6) is -1.42. The number of carbonyl (C=O) groups excluding carboxylic acids is 3. The number of aliphatic hydroxyl groups is 1. The van der Waals surface area contributed by atoms with Crippen LogP contribution in [0.1, 0.15) is 61.4 Å². The molecule has 198 valence electrons. The van der Waals surface area contributed by atoms with Gasteiger partial charge in [-0.15, -0.1) is 0 Å². The van der Waals surface area contributed by atoms with Gasteiger partial charge in [0, 0.05) is 29.9 Å². The molecule has 5 rings (SSSR count). The molecule has 0 spiro atoms. The van der Waals surface area contributed by atoms with Gasteiger partial charge in [-0.05, 0) is 48.6 Å². The van der Waals surface area contributed by atoms with Gasteiger partial charge in [-0.1, -0.05) is 19.9 Å². The Bertz CT molecular complexity index is 1560. The molecule has 2 aliphatic rings. The topological polar surface area (TPSA) is 137 Å². The second-order valence-corrected chi connectivity index (χ2v) is 9.67. The van der Waals surface area contributed by atoms with Crippen LogP contribution in [0.3, 0.4) is 0 Å². The summed E-state index contributed by atoms with van der Waals surface area (Å²) >= 11 is 0. The van der Waals surface area contributed by atoms with E-state index < -0.39 is 17.5 Å². The van der Waals surface area contributed by atoms with E-state index in [4.69, 9.17) is 14.5 Å². The number of rotatable bonds is 7. The van der Waals surface area contributed by atoms with Crippen LogP contribution in [0.4, 0.5) is 0 Å². The SMILES string of the molecule is CCc1cc(CCC(=O)OCNC(C)=O)cc2cc3c(nc12)-c1cc2c(c(=O)n1C3)COC(=O)[C@]2(O)CC. The van der Waals surface area contributed by atoms with E-state index in [9.17, 15) is 24.3 Å². The van der Waals surface area contributed by atoms with Crippen molar-refractivity contribution >= 4 is 28.7 Å². The molecule has 0 radical (unpaired) electrons. The molecule has 10 nitrogen and oxygen atoms in total. The third-order valence-corrected chi connectivity index (χ3v) is 7.30. The summed E-state index contributed by atoms with van der Waals surface area (Å²) in [6, 6.07) is 7.72. The number of amides is 1. The molecule has 0 unspecified atom stereocenters. The summed E-state index contributed by atoms with van der Waals surface area (Å²) in [6.45, 7) is 5.05. The number of ether oxygens (including phenoxy) is 2. The van der Waals surface area contributed by atoms with Gasteiger partial charge in [0.05, 0.1) is 29.0 Å². The molecule has 2 aliphatic heterocycles. The van der Waals surface area contributed by atoms with Gasteiger partial charge in [0.2, 0.25) is 5.91 Å². The normalized spacial score (nSPS) is 17.4. The molecule has 0 bridgehead atoms. The van der Waals surface area contributed by atoms with Crippen molar-refractivity contribution in [3.05, 3.63) is 62.4 Å². The lowest BCUT2D eigenvalue weighted by molar-refractivity contribution is -0.172. The standard InChI is InChI=1S/C28H29N3O7/c1-4-17-8-16(6-7-23(33)38-14-29-15(3)32)9-18-10-19-12-31-22(25(19)30-24(17)18)11-21-20(26(31)34)13-37-27(35)28(21,36)5-2/h8-11,36H,4-7,12-14H2,1-3H3,(H,29,32)/t28-/m0/s1. The summed E-state index contributed by atoms with van der Waals surface area (Å²) in [4.78, 5) is 53.7. The van der Waals surface area contributed by atoms with Crippen LogP contribution in [0, 0.1) is 0 Å². The van der Waals surface area contributed by atoms with E-state index in [-0.39, 0.29) is 43.2 Å².